The summed E-state index contributed by atoms with van der Waals surface area (Å²) in [7, 11) is 1.75. The number of aliphatic hydroxyl groups excluding tert-OH is 1. The Balaban J connectivity index is 1.77. The maximum atomic E-state index is 13.0. The molecule has 1 aliphatic heterocycles. The lowest BCUT2D eigenvalue weighted by Crippen LogP contribution is -2.53. The highest BCUT2D eigenvalue weighted by Gasteiger charge is 2.52. The molecule has 0 unspecified atom stereocenters. The number of aliphatic hydroxyl groups is 1. The fourth-order valence-electron chi connectivity index (χ4n) is 4.20. The van der Waals surface area contributed by atoms with E-state index in [2.05, 4.69) is 11.9 Å². The second-order valence-corrected chi connectivity index (χ2v) is 6.77. The van der Waals surface area contributed by atoms with Crippen LogP contribution in [-0.4, -0.2) is 65.5 Å². The fraction of sp³-hybridized carbons (Fsp3) is 0.722. The number of nitrogens with one attached hydrogen (secondary N) is 1. The molecule has 1 aliphatic carbocycles. The van der Waals surface area contributed by atoms with Crippen molar-refractivity contribution in [3.63, 3.8) is 0 Å². The summed E-state index contributed by atoms with van der Waals surface area (Å²) in [4.78, 5) is 18.1. The average molecular weight is 336 g/mol. The van der Waals surface area contributed by atoms with Gasteiger partial charge in [0.15, 0.2) is 0 Å². The zero-order chi connectivity index (χ0) is 17.2. The van der Waals surface area contributed by atoms with Crippen molar-refractivity contribution in [2.45, 2.75) is 56.8 Å². The Bertz CT molecular complexity index is 573. The van der Waals surface area contributed by atoms with Gasteiger partial charge in [-0.3, -0.25) is 4.79 Å². The van der Waals surface area contributed by atoms with Crippen LogP contribution in [0.2, 0.25) is 0 Å². The van der Waals surface area contributed by atoms with Gasteiger partial charge in [-0.15, -0.1) is 0 Å². The van der Waals surface area contributed by atoms with Gasteiger partial charge in [-0.25, -0.2) is 0 Å². The number of likely N-dealkylation sites (tertiary alicyclic amines) is 1. The number of rotatable bonds is 6. The van der Waals surface area contributed by atoms with Gasteiger partial charge in [0.1, 0.15) is 5.69 Å². The molecule has 6 nitrogen and oxygen atoms in total. The van der Waals surface area contributed by atoms with Crippen molar-refractivity contribution in [1.82, 2.24) is 9.88 Å². The zero-order valence-electron chi connectivity index (χ0n) is 14.6. The highest BCUT2D eigenvalue weighted by molar-refractivity contribution is 5.93. The summed E-state index contributed by atoms with van der Waals surface area (Å²) >= 11 is 0. The summed E-state index contributed by atoms with van der Waals surface area (Å²) in [6, 6.07) is 3.87. The second kappa shape index (κ2) is 7.25. The van der Waals surface area contributed by atoms with Crippen molar-refractivity contribution in [3.05, 3.63) is 23.5 Å². The molecule has 2 fully saturated rings. The normalized spacial score (nSPS) is 29.7. The Kier molecular flexibility index (Phi) is 5.27. The van der Waals surface area contributed by atoms with Gasteiger partial charge >= 0.3 is 0 Å². The van der Waals surface area contributed by atoms with Crippen LogP contribution in [0.1, 0.15) is 48.8 Å². The quantitative estimate of drug-likeness (QED) is 0.830. The van der Waals surface area contributed by atoms with Crippen LogP contribution in [0.5, 0.6) is 0 Å². The first-order valence-electron chi connectivity index (χ1n) is 8.90. The Morgan fingerprint density at radius 3 is 2.96 bits per heavy atom. The van der Waals surface area contributed by atoms with Crippen LogP contribution in [0.15, 0.2) is 12.1 Å². The predicted molar refractivity (Wildman–Crippen MR) is 90.0 cm³/mol. The molecule has 0 bridgehead atoms. The van der Waals surface area contributed by atoms with E-state index < -0.39 is 0 Å². The molecule has 0 aromatic carbocycles. The molecule has 3 rings (SSSR count). The van der Waals surface area contributed by atoms with E-state index in [1.807, 2.05) is 17.0 Å². The lowest BCUT2D eigenvalue weighted by atomic mass is 9.79. The first-order chi connectivity index (χ1) is 11.6. The second-order valence-electron chi connectivity index (χ2n) is 6.77. The van der Waals surface area contributed by atoms with Crippen LogP contribution in [0.25, 0.3) is 0 Å². The molecule has 2 aliphatic rings. The third-order valence-electron chi connectivity index (χ3n) is 5.60. The summed E-state index contributed by atoms with van der Waals surface area (Å²) in [5.41, 5.74) is 1.47. The van der Waals surface area contributed by atoms with E-state index in [4.69, 9.17) is 14.6 Å². The lowest BCUT2D eigenvalue weighted by molar-refractivity contribution is -0.0992. The summed E-state index contributed by atoms with van der Waals surface area (Å²) < 4.78 is 11.6. The molecule has 6 heteroatoms. The lowest BCUT2D eigenvalue weighted by Gasteiger charge is -2.43. The number of carbonyl (C=O) groups is 1. The van der Waals surface area contributed by atoms with E-state index in [9.17, 15) is 4.79 Å². The molecular formula is C18H28N2O4. The van der Waals surface area contributed by atoms with E-state index in [0.29, 0.717) is 18.8 Å². The average Bonchev–Trinajstić information content (AvgIpc) is 3.24. The summed E-state index contributed by atoms with van der Waals surface area (Å²) in [5.74, 6) is 0.0430. The first kappa shape index (κ1) is 17.5. The third-order valence-corrected chi connectivity index (χ3v) is 5.60. The number of methoxy groups -OCH3 is 1. The number of nitrogens with zero attached hydrogens (tertiary/aromatic N) is 1. The summed E-state index contributed by atoms with van der Waals surface area (Å²) in [6.07, 6.45) is 4.40. The van der Waals surface area contributed by atoms with E-state index in [1.165, 1.54) is 0 Å². The largest absolute Gasteiger partial charge is 0.394 e. The molecule has 1 aromatic rings. The topological polar surface area (TPSA) is 74.8 Å². The number of fused-ring (bicyclic) bond motifs is 1. The molecule has 0 spiro atoms. The number of aryl methyl sites for hydroxylation is 1. The molecular weight excluding hydrogens is 308 g/mol. The summed E-state index contributed by atoms with van der Waals surface area (Å²) in [5, 5.41) is 8.98. The first-order valence-corrected chi connectivity index (χ1v) is 8.90. The van der Waals surface area contributed by atoms with Gasteiger partial charge in [0.25, 0.3) is 5.91 Å². The number of H-pyrrole nitrogens is 1. The van der Waals surface area contributed by atoms with Gasteiger partial charge in [-0.2, -0.15) is 0 Å². The Morgan fingerprint density at radius 2 is 2.29 bits per heavy atom. The molecule has 1 saturated carbocycles. The number of hydrogen-bond acceptors (Lipinski definition) is 4. The highest BCUT2D eigenvalue weighted by Crippen LogP contribution is 2.43. The van der Waals surface area contributed by atoms with Gasteiger partial charge in [0, 0.05) is 19.3 Å². The van der Waals surface area contributed by atoms with Crippen molar-refractivity contribution < 1.29 is 19.4 Å². The molecule has 1 saturated heterocycles. The molecule has 2 heterocycles. The molecule has 3 atom stereocenters. The third kappa shape index (κ3) is 3.10. The van der Waals surface area contributed by atoms with Gasteiger partial charge < -0.3 is 24.5 Å². The molecule has 1 aromatic heterocycles. The molecule has 1 amide bonds. The van der Waals surface area contributed by atoms with Crippen molar-refractivity contribution in [1.29, 1.82) is 0 Å². The molecule has 134 valence electrons. The number of hydrogen-bond donors (Lipinski definition) is 2. The van der Waals surface area contributed by atoms with Crippen molar-refractivity contribution in [3.8, 4) is 0 Å². The van der Waals surface area contributed by atoms with E-state index in [-0.39, 0.29) is 30.3 Å². The maximum Gasteiger partial charge on any atom is 0.270 e. The zero-order valence-corrected chi connectivity index (χ0v) is 14.6. The van der Waals surface area contributed by atoms with Gasteiger partial charge in [0.05, 0.1) is 31.0 Å². The Morgan fingerprint density at radius 1 is 1.46 bits per heavy atom. The van der Waals surface area contributed by atoms with Crippen LogP contribution in [-0.2, 0) is 15.9 Å². The van der Waals surface area contributed by atoms with Crippen LogP contribution < -0.4 is 0 Å². The van der Waals surface area contributed by atoms with E-state index in [1.54, 1.807) is 7.11 Å². The number of aromatic amines is 1. The highest BCUT2D eigenvalue weighted by atomic mass is 16.5. The van der Waals surface area contributed by atoms with Crippen LogP contribution in [0, 0.1) is 0 Å². The number of amides is 1. The SMILES string of the molecule is CCc1ccc(C(=O)N2CC[C@]3(OC)CC[C@H](OCCO)C[C@H]23)[nH]1. The van der Waals surface area contributed by atoms with Crippen molar-refractivity contribution >= 4 is 5.91 Å². The Labute approximate surface area is 143 Å². The van der Waals surface area contributed by atoms with Crippen molar-refractivity contribution in [2.24, 2.45) is 0 Å². The van der Waals surface area contributed by atoms with E-state index >= 15 is 0 Å². The van der Waals surface area contributed by atoms with Crippen molar-refractivity contribution in [2.75, 3.05) is 26.9 Å². The molecule has 2 N–H and O–H groups in total. The minimum Gasteiger partial charge on any atom is -0.394 e. The summed E-state index contributed by atoms with van der Waals surface area (Å²) in [6.45, 7) is 3.16. The maximum absolute atomic E-state index is 13.0. The monoisotopic (exact) mass is 336 g/mol. The number of carbonyl (C=O) groups excluding carboxylic acids is 1. The Hall–Kier alpha value is -1.37. The molecule has 0 radical (unpaired) electrons. The van der Waals surface area contributed by atoms with Gasteiger partial charge in [-0.05, 0) is 44.2 Å². The standard InChI is InChI=1S/C18H28N2O4/c1-3-13-4-5-15(19-13)17(22)20-9-8-18(23-2)7-6-14(12-16(18)20)24-11-10-21/h4-5,14,16,19,21H,3,6-12H2,1-2H3/t14-,16-,18+/m0/s1. The minimum atomic E-state index is -0.255. The fourth-order valence-corrected chi connectivity index (χ4v) is 4.20. The molecule has 24 heavy (non-hydrogen) atoms. The van der Waals surface area contributed by atoms with Crippen LogP contribution in [0.3, 0.4) is 0 Å². The van der Waals surface area contributed by atoms with Gasteiger partial charge in [-0.1, -0.05) is 6.92 Å². The predicted octanol–water partition coefficient (Wildman–Crippen LogP) is 1.74. The number of ether oxygens (including phenoxy) is 2. The minimum absolute atomic E-state index is 0.0285. The smallest absolute Gasteiger partial charge is 0.270 e. The van der Waals surface area contributed by atoms with Crippen LogP contribution in [0.4, 0.5) is 0 Å². The van der Waals surface area contributed by atoms with E-state index in [0.717, 1.165) is 37.8 Å². The van der Waals surface area contributed by atoms with Crippen LogP contribution >= 0.6 is 0 Å². The van der Waals surface area contributed by atoms with Gasteiger partial charge in [0.2, 0.25) is 0 Å². The number of aromatic nitrogens is 1.